The number of benzene rings is 1. The van der Waals surface area contributed by atoms with Gasteiger partial charge in [0.25, 0.3) is 0 Å². The van der Waals surface area contributed by atoms with Gasteiger partial charge >= 0.3 is 0 Å². The quantitative estimate of drug-likeness (QED) is 0.727. The molecule has 0 heterocycles. The van der Waals surface area contributed by atoms with Crippen LogP contribution in [0.1, 0.15) is 12.5 Å². The van der Waals surface area contributed by atoms with Crippen LogP contribution in [0.15, 0.2) is 12.1 Å². The molecule has 1 aromatic carbocycles. The van der Waals surface area contributed by atoms with Gasteiger partial charge in [-0.2, -0.15) is 0 Å². The molecule has 0 aliphatic heterocycles. The summed E-state index contributed by atoms with van der Waals surface area (Å²) in [5, 5.41) is 0. The van der Waals surface area contributed by atoms with Crippen molar-refractivity contribution in [3.63, 3.8) is 0 Å². The van der Waals surface area contributed by atoms with E-state index in [1.54, 1.807) is 21.3 Å². The van der Waals surface area contributed by atoms with Crippen LogP contribution >= 0.6 is 0 Å². The van der Waals surface area contributed by atoms with E-state index in [2.05, 4.69) is 0 Å². The van der Waals surface area contributed by atoms with Crippen molar-refractivity contribution in [3.05, 3.63) is 17.7 Å². The fourth-order valence-corrected chi connectivity index (χ4v) is 1.79. The second kappa shape index (κ2) is 7.86. The monoisotopic (exact) mass is 269 g/mol. The highest BCUT2D eigenvalue weighted by molar-refractivity contribution is 5.54. The molecule has 0 aliphatic rings. The van der Waals surface area contributed by atoms with Crippen molar-refractivity contribution < 1.29 is 18.9 Å². The molecule has 0 radical (unpaired) electrons. The molecule has 1 rings (SSSR count). The standard InChI is InChI=1S/C14H23NO4/c1-10(15)7-11-8-12(17-3)14(13(9-11)18-4)19-6-5-16-2/h8-10H,5-7,15H2,1-4H3. The van der Waals surface area contributed by atoms with E-state index in [1.807, 2.05) is 19.1 Å². The van der Waals surface area contributed by atoms with Crippen molar-refractivity contribution in [2.24, 2.45) is 5.73 Å². The number of hydrogen-bond acceptors (Lipinski definition) is 5. The Balaban J connectivity index is 2.99. The van der Waals surface area contributed by atoms with Gasteiger partial charge in [-0.1, -0.05) is 0 Å². The van der Waals surface area contributed by atoms with Gasteiger partial charge in [-0.05, 0) is 31.0 Å². The predicted molar refractivity (Wildman–Crippen MR) is 74.3 cm³/mol. The van der Waals surface area contributed by atoms with E-state index in [-0.39, 0.29) is 6.04 Å². The lowest BCUT2D eigenvalue weighted by atomic mass is 10.1. The molecular weight excluding hydrogens is 246 g/mol. The minimum Gasteiger partial charge on any atom is -0.493 e. The van der Waals surface area contributed by atoms with Gasteiger partial charge in [-0.3, -0.25) is 0 Å². The largest absolute Gasteiger partial charge is 0.493 e. The highest BCUT2D eigenvalue weighted by Gasteiger charge is 2.14. The number of nitrogens with two attached hydrogens (primary N) is 1. The Hall–Kier alpha value is -1.46. The van der Waals surface area contributed by atoms with Crippen LogP contribution in [0, 0.1) is 0 Å². The van der Waals surface area contributed by atoms with E-state index in [4.69, 9.17) is 24.7 Å². The highest BCUT2D eigenvalue weighted by atomic mass is 16.6. The van der Waals surface area contributed by atoms with Crippen molar-refractivity contribution in [2.75, 3.05) is 34.5 Å². The molecule has 0 saturated heterocycles. The first-order chi connectivity index (χ1) is 9.12. The van der Waals surface area contributed by atoms with Gasteiger partial charge in [0.15, 0.2) is 11.5 Å². The minimum atomic E-state index is 0.0784. The van der Waals surface area contributed by atoms with E-state index in [0.29, 0.717) is 30.5 Å². The first kappa shape index (κ1) is 15.6. The second-order valence-corrected chi connectivity index (χ2v) is 4.35. The molecule has 1 unspecified atom stereocenters. The van der Waals surface area contributed by atoms with Gasteiger partial charge in [0.1, 0.15) is 6.61 Å². The fraction of sp³-hybridized carbons (Fsp3) is 0.571. The average Bonchev–Trinajstić information content (AvgIpc) is 2.38. The Bertz CT molecular complexity index is 368. The Kier molecular flexibility index (Phi) is 6.45. The Morgan fingerprint density at radius 1 is 1.05 bits per heavy atom. The third-order valence-corrected chi connectivity index (χ3v) is 2.61. The van der Waals surface area contributed by atoms with Crippen molar-refractivity contribution in [1.82, 2.24) is 0 Å². The summed E-state index contributed by atoms with van der Waals surface area (Å²) in [5.41, 5.74) is 6.87. The van der Waals surface area contributed by atoms with E-state index in [9.17, 15) is 0 Å². The third kappa shape index (κ3) is 4.61. The minimum absolute atomic E-state index is 0.0784. The number of rotatable bonds is 8. The molecule has 0 bridgehead atoms. The maximum absolute atomic E-state index is 5.81. The molecule has 0 amide bonds. The van der Waals surface area contributed by atoms with Crippen LogP contribution in [0.2, 0.25) is 0 Å². The first-order valence-corrected chi connectivity index (χ1v) is 6.24. The molecule has 1 atom stereocenters. The molecule has 0 spiro atoms. The van der Waals surface area contributed by atoms with Crippen LogP contribution in [-0.4, -0.2) is 40.6 Å². The zero-order valence-electron chi connectivity index (χ0n) is 12.1. The van der Waals surface area contributed by atoms with Crippen molar-refractivity contribution in [2.45, 2.75) is 19.4 Å². The van der Waals surface area contributed by atoms with E-state index >= 15 is 0 Å². The van der Waals surface area contributed by atoms with Crippen LogP contribution in [0.4, 0.5) is 0 Å². The van der Waals surface area contributed by atoms with Gasteiger partial charge in [-0.15, -0.1) is 0 Å². The van der Waals surface area contributed by atoms with Crippen molar-refractivity contribution >= 4 is 0 Å². The lowest BCUT2D eigenvalue weighted by molar-refractivity contribution is 0.142. The molecule has 19 heavy (non-hydrogen) atoms. The SMILES string of the molecule is COCCOc1c(OC)cc(CC(C)N)cc1OC. The topological polar surface area (TPSA) is 62.9 Å². The summed E-state index contributed by atoms with van der Waals surface area (Å²) < 4.78 is 21.3. The van der Waals surface area contributed by atoms with Crippen LogP contribution in [0.3, 0.4) is 0 Å². The Morgan fingerprint density at radius 3 is 2.05 bits per heavy atom. The molecule has 0 aliphatic carbocycles. The average molecular weight is 269 g/mol. The zero-order valence-corrected chi connectivity index (χ0v) is 12.1. The van der Waals surface area contributed by atoms with Gasteiger partial charge < -0.3 is 24.7 Å². The summed E-state index contributed by atoms with van der Waals surface area (Å²) in [6.45, 7) is 2.91. The molecule has 1 aromatic rings. The van der Waals surface area contributed by atoms with Gasteiger partial charge in [0, 0.05) is 13.2 Å². The summed E-state index contributed by atoms with van der Waals surface area (Å²) in [4.78, 5) is 0. The molecule has 108 valence electrons. The Labute approximate surface area is 114 Å². The van der Waals surface area contributed by atoms with Gasteiger partial charge in [-0.25, -0.2) is 0 Å². The maximum atomic E-state index is 5.81. The summed E-state index contributed by atoms with van der Waals surface area (Å²) in [7, 11) is 4.84. The van der Waals surface area contributed by atoms with Crippen LogP contribution < -0.4 is 19.9 Å². The van der Waals surface area contributed by atoms with Crippen LogP contribution in [-0.2, 0) is 11.2 Å². The lowest BCUT2D eigenvalue weighted by Gasteiger charge is -2.16. The molecule has 5 nitrogen and oxygen atoms in total. The molecular formula is C14H23NO4. The van der Waals surface area contributed by atoms with Gasteiger partial charge in [0.05, 0.1) is 20.8 Å². The summed E-state index contributed by atoms with van der Waals surface area (Å²) in [6, 6.07) is 3.93. The van der Waals surface area contributed by atoms with Crippen LogP contribution in [0.5, 0.6) is 17.2 Å². The van der Waals surface area contributed by atoms with Gasteiger partial charge in [0.2, 0.25) is 5.75 Å². The number of ether oxygens (including phenoxy) is 4. The molecule has 2 N–H and O–H groups in total. The Morgan fingerprint density at radius 2 is 1.63 bits per heavy atom. The van der Waals surface area contributed by atoms with E-state index < -0.39 is 0 Å². The zero-order chi connectivity index (χ0) is 14.3. The molecule has 5 heteroatoms. The predicted octanol–water partition coefficient (Wildman–Crippen LogP) is 1.62. The van der Waals surface area contributed by atoms with Crippen molar-refractivity contribution in [1.29, 1.82) is 0 Å². The summed E-state index contributed by atoms with van der Waals surface area (Å²) in [5.74, 6) is 1.88. The summed E-state index contributed by atoms with van der Waals surface area (Å²) in [6.07, 6.45) is 0.755. The number of methoxy groups -OCH3 is 3. The van der Waals surface area contributed by atoms with E-state index in [0.717, 1.165) is 12.0 Å². The highest BCUT2D eigenvalue weighted by Crippen LogP contribution is 2.38. The lowest BCUT2D eigenvalue weighted by Crippen LogP contribution is -2.18. The molecule has 0 aromatic heterocycles. The first-order valence-electron chi connectivity index (χ1n) is 6.24. The second-order valence-electron chi connectivity index (χ2n) is 4.35. The molecule has 0 fully saturated rings. The smallest absolute Gasteiger partial charge is 0.203 e. The third-order valence-electron chi connectivity index (χ3n) is 2.61. The fourth-order valence-electron chi connectivity index (χ4n) is 1.79. The molecule has 0 saturated carbocycles. The van der Waals surface area contributed by atoms with Crippen molar-refractivity contribution in [3.8, 4) is 17.2 Å². The normalized spacial score (nSPS) is 12.1. The van der Waals surface area contributed by atoms with E-state index in [1.165, 1.54) is 0 Å². The maximum Gasteiger partial charge on any atom is 0.203 e. The summed E-state index contributed by atoms with van der Waals surface area (Å²) >= 11 is 0. The number of hydrogen-bond donors (Lipinski definition) is 1. The van der Waals surface area contributed by atoms with Crippen LogP contribution in [0.25, 0.3) is 0 Å².